The van der Waals surface area contributed by atoms with E-state index >= 15 is 0 Å². The number of methoxy groups -OCH3 is 1. The number of nitrogens with zero attached hydrogens (tertiary/aromatic N) is 2. The van der Waals surface area contributed by atoms with Crippen molar-refractivity contribution in [3.63, 3.8) is 0 Å². The van der Waals surface area contributed by atoms with Crippen molar-refractivity contribution in [2.24, 2.45) is 5.73 Å². The Morgan fingerprint density at radius 1 is 1.44 bits per heavy atom. The molecule has 2 N–H and O–H groups in total. The third kappa shape index (κ3) is 2.66. The van der Waals surface area contributed by atoms with Crippen LogP contribution in [-0.2, 0) is 13.1 Å². The molecule has 0 amide bonds. The molecule has 0 atom stereocenters. The molecule has 1 aromatic carbocycles. The second kappa shape index (κ2) is 5.42. The number of halogens is 1. The van der Waals surface area contributed by atoms with Gasteiger partial charge in [-0.1, -0.05) is 17.7 Å². The highest BCUT2D eigenvalue weighted by Gasteiger charge is 2.06. The van der Waals surface area contributed by atoms with Crippen molar-refractivity contribution in [3.8, 4) is 5.75 Å². The monoisotopic (exact) mass is 265 g/mol. The topological polar surface area (TPSA) is 53.1 Å². The predicted octanol–water partition coefficient (Wildman–Crippen LogP) is 2.36. The average molecular weight is 266 g/mol. The zero-order valence-corrected chi connectivity index (χ0v) is 11.2. The van der Waals surface area contributed by atoms with Crippen molar-refractivity contribution in [1.29, 1.82) is 0 Å². The summed E-state index contributed by atoms with van der Waals surface area (Å²) >= 11 is 5.98. The van der Waals surface area contributed by atoms with Crippen molar-refractivity contribution in [2.45, 2.75) is 20.0 Å². The van der Waals surface area contributed by atoms with Gasteiger partial charge in [0.15, 0.2) is 0 Å². The Hall–Kier alpha value is -1.52. The third-order valence-electron chi connectivity index (χ3n) is 2.80. The molecule has 0 fully saturated rings. The van der Waals surface area contributed by atoms with Gasteiger partial charge in [0.05, 0.1) is 24.4 Å². The summed E-state index contributed by atoms with van der Waals surface area (Å²) in [6.45, 7) is 3.01. The molecule has 2 rings (SSSR count). The minimum atomic E-state index is 0.454. The summed E-state index contributed by atoms with van der Waals surface area (Å²) in [5.74, 6) is 0.816. The van der Waals surface area contributed by atoms with E-state index in [9.17, 15) is 0 Å². The maximum atomic E-state index is 5.98. The highest BCUT2D eigenvalue weighted by molar-refractivity contribution is 6.31. The molecule has 2 aromatic rings. The van der Waals surface area contributed by atoms with Gasteiger partial charge in [0.2, 0.25) is 0 Å². The standard InChI is InChI=1S/C13H16ClN3O/c1-9-12(14)8-17(16-9)7-10-3-4-13(18-2)11(5-10)6-15/h3-5,8H,6-7,15H2,1-2H3. The van der Waals surface area contributed by atoms with Gasteiger partial charge in [0, 0.05) is 18.3 Å². The van der Waals surface area contributed by atoms with E-state index in [1.165, 1.54) is 0 Å². The van der Waals surface area contributed by atoms with E-state index in [1.54, 1.807) is 7.11 Å². The quantitative estimate of drug-likeness (QED) is 0.923. The molecule has 5 heteroatoms. The fourth-order valence-corrected chi connectivity index (χ4v) is 2.00. The molecule has 4 nitrogen and oxygen atoms in total. The van der Waals surface area contributed by atoms with Crippen LogP contribution in [0.5, 0.6) is 5.75 Å². The van der Waals surface area contributed by atoms with Gasteiger partial charge in [-0.3, -0.25) is 4.68 Å². The van der Waals surface area contributed by atoms with Crippen LogP contribution in [0.25, 0.3) is 0 Å². The minimum Gasteiger partial charge on any atom is -0.496 e. The van der Waals surface area contributed by atoms with Gasteiger partial charge in [-0.2, -0.15) is 5.10 Å². The Kier molecular flexibility index (Phi) is 3.89. The first-order chi connectivity index (χ1) is 8.63. The number of aryl methyl sites for hydroxylation is 1. The number of nitrogens with two attached hydrogens (primary N) is 1. The average Bonchev–Trinajstić information content (AvgIpc) is 2.68. The normalized spacial score (nSPS) is 10.7. The first-order valence-corrected chi connectivity index (χ1v) is 6.07. The Balaban J connectivity index is 2.24. The second-order valence-corrected chi connectivity index (χ2v) is 4.52. The van der Waals surface area contributed by atoms with E-state index in [1.807, 2.05) is 36.0 Å². The summed E-state index contributed by atoms with van der Waals surface area (Å²) in [6.07, 6.45) is 1.82. The van der Waals surface area contributed by atoms with Crippen molar-refractivity contribution in [2.75, 3.05) is 7.11 Å². The SMILES string of the molecule is COc1ccc(Cn2cc(Cl)c(C)n2)cc1CN. The van der Waals surface area contributed by atoms with Gasteiger partial charge in [-0.25, -0.2) is 0 Å². The van der Waals surface area contributed by atoms with E-state index in [0.29, 0.717) is 18.1 Å². The molecule has 1 heterocycles. The lowest BCUT2D eigenvalue weighted by molar-refractivity contribution is 0.409. The molecule has 0 aliphatic carbocycles. The molecule has 0 saturated heterocycles. The van der Waals surface area contributed by atoms with Crippen molar-refractivity contribution in [3.05, 3.63) is 46.2 Å². The van der Waals surface area contributed by atoms with E-state index in [2.05, 4.69) is 5.10 Å². The van der Waals surface area contributed by atoms with Gasteiger partial charge in [0.25, 0.3) is 0 Å². The summed E-state index contributed by atoms with van der Waals surface area (Å²) in [4.78, 5) is 0. The van der Waals surface area contributed by atoms with E-state index in [-0.39, 0.29) is 0 Å². The number of aromatic nitrogens is 2. The van der Waals surface area contributed by atoms with Gasteiger partial charge >= 0.3 is 0 Å². The van der Waals surface area contributed by atoms with Gasteiger partial charge in [0.1, 0.15) is 5.75 Å². The van der Waals surface area contributed by atoms with Crippen LogP contribution in [0.4, 0.5) is 0 Å². The Labute approximate surface area is 111 Å². The lowest BCUT2D eigenvalue weighted by atomic mass is 10.1. The van der Waals surface area contributed by atoms with Crippen molar-refractivity contribution in [1.82, 2.24) is 9.78 Å². The van der Waals surface area contributed by atoms with Crippen LogP contribution in [0.3, 0.4) is 0 Å². The van der Waals surface area contributed by atoms with Crippen LogP contribution in [0.1, 0.15) is 16.8 Å². The Morgan fingerprint density at radius 2 is 2.22 bits per heavy atom. The summed E-state index contributed by atoms with van der Waals surface area (Å²) in [5.41, 5.74) is 8.64. The fraction of sp³-hybridized carbons (Fsp3) is 0.308. The van der Waals surface area contributed by atoms with Crippen LogP contribution in [0, 0.1) is 6.92 Å². The number of rotatable bonds is 4. The molecule has 0 bridgehead atoms. The number of benzene rings is 1. The molecule has 18 heavy (non-hydrogen) atoms. The smallest absolute Gasteiger partial charge is 0.123 e. The van der Waals surface area contributed by atoms with Crippen LogP contribution in [0.15, 0.2) is 24.4 Å². The van der Waals surface area contributed by atoms with E-state index in [4.69, 9.17) is 22.1 Å². The fourth-order valence-electron chi connectivity index (χ4n) is 1.85. The van der Waals surface area contributed by atoms with Gasteiger partial charge < -0.3 is 10.5 Å². The number of ether oxygens (including phenoxy) is 1. The predicted molar refractivity (Wildman–Crippen MR) is 72.0 cm³/mol. The van der Waals surface area contributed by atoms with Crippen LogP contribution >= 0.6 is 11.6 Å². The molecule has 0 radical (unpaired) electrons. The van der Waals surface area contributed by atoms with Crippen LogP contribution in [0.2, 0.25) is 5.02 Å². The molecular weight excluding hydrogens is 250 g/mol. The van der Waals surface area contributed by atoms with Crippen molar-refractivity contribution < 1.29 is 4.74 Å². The summed E-state index contributed by atoms with van der Waals surface area (Å²) in [5, 5.41) is 5.01. The summed E-state index contributed by atoms with van der Waals surface area (Å²) in [7, 11) is 1.64. The molecule has 0 aliphatic heterocycles. The van der Waals surface area contributed by atoms with Gasteiger partial charge in [-0.15, -0.1) is 0 Å². The Morgan fingerprint density at radius 3 is 2.78 bits per heavy atom. The molecule has 0 unspecified atom stereocenters. The zero-order valence-electron chi connectivity index (χ0n) is 10.5. The largest absolute Gasteiger partial charge is 0.496 e. The second-order valence-electron chi connectivity index (χ2n) is 4.11. The molecular formula is C13H16ClN3O. The number of hydrogen-bond donors (Lipinski definition) is 1. The summed E-state index contributed by atoms with van der Waals surface area (Å²) < 4.78 is 7.06. The van der Waals surface area contributed by atoms with Crippen LogP contribution in [-0.4, -0.2) is 16.9 Å². The minimum absolute atomic E-state index is 0.454. The highest BCUT2D eigenvalue weighted by atomic mass is 35.5. The molecule has 0 saturated carbocycles. The summed E-state index contributed by atoms with van der Waals surface area (Å²) in [6, 6.07) is 5.96. The van der Waals surface area contributed by atoms with E-state index in [0.717, 1.165) is 22.6 Å². The maximum Gasteiger partial charge on any atom is 0.123 e. The Bertz CT molecular complexity index is 532. The molecule has 96 valence electrons. The maximum absolute atomic E-state index is 5.98. The van der Waals surface area contributed by atoms with Gasteiger partial charge in [-0.05, 0) is 24.6 Å². The molecule has 0 spiro atoms. The first kappa shape index (κ1) is 12.9. The third-order valence-corrected chi connectivity index (χ3v) is 3.17. The van der Waals surface area contributed by atoms with Crippen LogP contribution < -0.4 is 10.5 Å². The molecule has 0 aliphatic rings. The van der Waals surface area contributed by atoms with Crippen molar-refractivity contribution >= 4 is 11.6 Å². The zero-order chi connectivity index (χ0) is 13.1. The number of hydrogen-bond acceptors (Lipinski definition) is 3. The first-order valence-electron chi connectivity index (χ1n) is 5.69. The lowest BCUT2D eigenvalue weighted by Gasteiger charge is -2.09. The lowest BCUT2D eigenvalue weighted by Crippen LogP contribution is -2.04. The highest BCUT2D eigenvalue weighted by Crippen LogP contribution is 2.20. The van der Waals surface area contributed by atoms with E-state index < -0.39 is 0 Å². The molecule has 1 aromatic heterocycles.